The standard InChI is InChI=1S/C9H15F3N2/c1-3-6(2)8(9(10,11)12)4-7(13)14-5-8/h6H,3-5H2,1-2H3,(H2,13,14). The highest BCUT2D eigenvalue weighted by Crippen LogP contribution is 2.50. The first kappa shape index (κ1) is 11.3. The van der Waals surface area contributed by atoms with E-state index in [1.807, 2.05) is 0 Å². The molecule has 5 heteroatoms. The van der Waals surface area contributed by atoms with Gasteiger partial charge in [0.05, 0.1) is 17.8 Å². The predicted octanol–water partition coefficient (Wildman–Crippen LogP) is 2.34. The number of aliphatic imine (C=N–C) groups is 1. The Hall–Kier alpha value is -0.740. The van der Waals surface area contributed by atoms with Crippen LogP contribution in [-0.2, 0) is 0 Å². The van der Waals surface area contributed by atoms with Gasteiger partial charge < -0.3 is 5.73 Å². The largest absolute Gasteiger partial charge is 0.396 e. The minimum absolute atomic E-state index is 0.127. The Morgan fingerprint density at radius 2 is 2.14 bits per heavy atom. The molecule has 0 aromatic heterocycles. The fourth-order valence-electron chi connectivity index (χ4n) is 1.87. The summed E-state index contributed by atoms with van der Waals surface area (Å²) in [6.45, 7) is 3.16. The summed E-state index contributed by atoms with van der Waals surface area (Å²) in [5, 5.41) is 0. The van der Waals surface area contributed by atoms with Gasteiger partial charge >= 0.3 is 6.18 Å². The Bertz CT molecular complexity index is 247. The van der Waals surface area contributed by atoms with Crippen LogP contribution in [0.25, 0.3) is 0 Å². The Balaban J connectivity index is 2.95. The van der Waals surface area contributed by atoms with Gasteiger partial charge in [-0.05, 0) is 5.92 Å². The Labute approximate surface area is 81.4 Å². The average Bonchev–Trinajstić information content (AvgIpc) is 2.46. The minimum Gasteiger partial charge on any atom is -0.387 e. The molecule has 0 saturated carbocycles. The molecule has 0 aromatic carbocycles. The lowest BCUT2D eigenvalue weighted by molar-refractivity contribution is -0.232. The molecule has 1 aliphatic heterocycles. The number of halogens is 3. The molecule has 0 aromatic rings. The van der Waals surface area contributed by atoms with Crippen molar-refractivity contribution < 1.29 is 13.2 Å². The summed E-state index contributed by atoms with van der Waals surface area (Å²) in [6, 6.07) is 0. The van der Waals surface area contributed by atoms with Gasteiger partial charge in [-0.3, -0.25) is 4.99 Å². The fourth-order valence-corrected chi connectivity index (χ4v) is 1.87. The number of hydrogen-bond donors (Lipinski definition) is 1. The van der Waals surface area contributed by atoms with Crippen molar-refractivity contribution in [2.75, 3.05) is 6.54 Å². The second-order valence-corrected chi connectivity index (χ2v) is 3.95. The van der Waals surface area contributed by atoms with Crippen molar-refractivity contribution in [3.05, 3.63) is 0 Å². The number of rotatable bonds is 2. The van der Waals surface area contributed by atoms with Crippen LogP contribution in [0.3, 0.4) is 0 Å². The van der Waals surface area contributed by atoms with Crippen LogP contribution in [-0.4, -0.2) is 18.6 Å². The summed E-state index contributed by atoms with van der Waals surface area (Å²) in [5.41, 5.74) is 3.63. The van der Waals surface area contributed by atoms with Crippen LogP contribution >= 0.6 is 0 Å². The summed E-state index contributed by atoms with van der Waals surface area (Å²) in [6.07, 6.45) is -3.87. The molecular weight excluding hydrogens is 193 g/mol. The summed E-state index contributed by atoms with van der Waals surface area (Å²) in [7, 11) is 0. The maximum absolute atomic E-state index is 12.9. The molecule has 1 rings (SSSR count). The van der Waals surface area contributed by atoms with E-state index in [4.69, 9.17) is 5.73 Å². The zero-order valence-corrected chi connectivity index (χ0v) is 8.36. The lowest BCUT2D eigenvalue weighted by Gasteiger charge is -2.35. The fraction of sp³-hybridized carbons (Fsp3) is 0.889. The molecule has 2 unspecified atom stereocenters. The van der Waals surface area contributed by atoms with Crippen molar-refractivity contribution in [1.29, 1.82) is 0 Å². The van der Waals surface area contributed by atoms with Crippen LogP contribution < -0.4 is 5.73 Å². The molecule has 0 radical (unpaired) electrons. The molecule has 0 aliphatic carbocycles. The van der Waals surface area contributed by atoms with Crippen LogP contribution in [0.4, 0.5) is 13.2 Å². The third-order valence-corrected chi connectivity index (χ3v) is 3.18. The van der Waals surface area contributed by atoms with Crippen molar-refractivity contribution in [2.24, 2.45) is 22.1 Å². The van der Waals surface area contributed by atoms with Crippen LogP contribution in [0.15, 0.2) is 4.99 Å². The number of nitrogens with two attached hydrogens (primary N) is 1. The summed E-state index contributed by atoms with van der Waals surface area (Å²) in [4.78, 5) is 3.70. The van der Waals surface area contributed by atoms with Gasteiger partial charge in [0.15, 0.2) is 0 Å². The molecule has 1 heterocycles. The lowest BCUT2D eigenvalue weighted by atomic mass is 9.73. The van der Waals surface area contributed by atoms with Gasteiger partial charge in [-0.25, -0.2) is 0 Å². The zero-order valence-electron chi connectivity index (χ0n) is 8.36. The Morgan fingerprint density at radius 3 is 2.43 bits per heavy atom. The van der Waals surface area contributed by atoms with Crippen molar-refractivity contribution in [3.63, 3.8) is 0 Å². The highest BCUT2D eigenvalue weighted by molar-refractivity contribution is 5.83. The predicted molar refractivity (Wildman–Crippen MR) is 49.0 cm³/mol. The number of amidine groups is 1. The Morgan fingerprint density at radius 1 is 1.57 bits per heavy atom. The quantitative estimate of drug-likeness (QED) is 0.743. The van der Waals surface area contributed by atoms with Gasteiger partial charge in [-0.2, -0.15) is 13.2 Å². The highest BCUT2D eigenvalue weighted by Gasteiger charge is 2.59. The van der Waals surface area contributed by atoms with E-state index in [2.05, 4.69) is 4.99 Å². The molecule has 2 atom stereocenters. The van der Waals surface area contributed by atoms with Crippen LogP contribution in [0.5, 0.6) is 0 Å². The number of alkyl halides is 3. The average molecular weight is 208 g/mol. The van der Waals surface area contributed by atoms with E-state index in [0.717, 1.165) is 0 Å². The lowest BCUT2D eigenvalue weighted by Crippen LogP contribution is -2.45. The van der Waals surface area contributed by atoms with E-state index in [0.29, 0.717) is 6.42 Å². The van der Waals surface area contributed by atoms with E-state index < -0.39 is 17.5 Å². The van der Waals surface area contributed by atoms with Gasteiger partial charge in [0.2, 0.25) is 0 Å². The molecular formula is C9H15F3N2. The second-order valence-electron chi connectivity index (χ2n) is 3.95. The normalized spacial score (nSPS) is 30.2. The summed E-state index contributed by atoms with van der Waals surface area (Å²) >= 11 is 0. The van der Waals surface area contributed by atoms with Gasteiger partial charge in [-0.1, -0.05) is 20.3 Å². The van der Waals surface area contributed by atoms with Crippen molar-refractivity contribution in [3.8, 4) is 0 Å². The van der Waals surface area contributed by atoms with E-state index in [1.165, 1.54) is 0 Å². The smallest absolute Gasteiger partial charge is 0.387 e. The van der Waals surface area contributed by atoms with Crippen LogP contribution in [0.2, 0.25) is 0 Å². The first-order valence-corrected chi connectivity index (χ1v) is 4.69. The number of nitrogens with zero attached hydrogens (tertiary/aromatic N) is 1. The topological polar surface area (TPSA) is 38.4 Å². The molecule has 1 aliphatic rings. The SMILES string of the molecule is CCC(C)C1(C(F)(F)F)CN=C(N)C1. The third kappa shape index (κ3) is 1.60. The third-order valence-electron chi connectivity index (χ3n) is 3.18. The first-order chi connectivity index (χ1) is 6.33. The van der Waals surface area contributed by atoms with Gasteiger partial charge in [0.25, 0.3) is 0 Å². The van der Waals surface area contributed by atoms with Gasteiger partial charge in [-0.15, -0.1) is 0 Å². The summed E-state index contributed by atoms with van der Waals surface area (Å²) < 4.78 is 38.7. The monoisotopic (exact) mass is 208 g/mol. The minimum atomic E-state index is -4.22. The van der Waals surface area contributed by atoms with Crippen molar-refractivity contribution in [1.82, 2.24) is 0 Å². The van der Waals surface area contributed by atoms with Crippen LogP contribution in [0.1, 0.15) is 26.7 Å². The van der Waals surface area contributed by atoms with Crippen molar-refractivity contribution in [2.45, 2.75) is 32.9 Å². The van der Waals surface area contributed by atoms with E-state index in [-0.39, 0.29) is 18.8 Å². The molecule has 2 nitrogen and oxygen atoms in total. The second kappa shape index (κ2) is 3.44. The van der Waals surface area contributed by atoms with E-state index in [9.17, 15) is 13.2 Å². The first-order valence-electron chi connectivity index (χ1n) is 4.69. The maximum atomic E-state index is 12.9. The van der Waals surface area contributed by atoms with Gasteiger partial charge in [0.1, 0.15) is 0 Å². The highest BCUT2D eigenvalue weighted by atomic mass is 19.4. The van der Waals surface area contributed by atoms with Crippen molar-refractivity contribution >= 4 is 5.84 Å². The molecule has 0 spiro atoms. The molecule has 2 N–H and O–H groups in total. The molecule has 0 fully saturated rings. The number of hydrogen-bond acceptors (Lipinski definition) is 2. The molecule has 0 saturated heterocycles. The molecule has 0 amide bonds. The van der Waals surface area contributed by atoms with E-state index >= 15 is 0 Å². The molecule has 82 valence electrons. The van der Waals surface area contributed by atoms with Crippen LogP contribution in [0, 0.1) is 11.3 Å². The maximum Gasteiger partial charge on any atom is 0.396 e. The zero-order chi connectivity index (χ0) is 11.0. The van der Waals surface area contributed by atoms with E-state index in [1.54, 1.807) is 13.8 Å². The summed E-state index contributed by atoms with van der Waals surface area (Å²) in [5.74, 6) is -0.310. The Kier molecular flexibility index (Phi) is 2.78. The van der Waals surface area contributed by atoms with Gasteiger partial charge in [0, 0.05) is 6.42 Å². The molecule has 0 bridgehead atoms. The molecule has 14 heavy (non-hydrogen) atoms.